The molecule has 3 heteroatoms. The van der Waals surface area contributed by atoms with Gasteiger partial charge in [0.25, 0.3) is 0 Å². The molecule has 1 fully saturated rings. The van der Waals surface area contributed by atoms with Crippen LogP contribution in [0.1, 0.15) is 24.0 Å². The lowest BCUT2D eigenvalue weighted by molar-refractivity contribution is 0.286. The Bertz CT molecular complexity index is 446. The molecule has 1 aliphatic rings. The van der Waals surface area contributed by atoms with Gasteiger partial charge in [0.05, 0.1) is 6.54 Å². The number of hydrogen-bond acceptors (Lipinski definition) is 2. The van der Waals surface area contributed by atoms with Crippen molar-refractivity contribution < 1.29 is 0 Å². The summed E-state index contributed by atoms with van der Waals surface area (Å²) >= 11 is 3.62. The Kier molecular flexibility index (Phi) is 4.82. The fourth-order valence-electron chi connectivity index (χ4n) is 2.07. The minimum absolute atomic E-state index is 0.578. The first kappa shape index (κ1) is 13.6. The zero-order valence-electron chi connectivity index (χ0n) is 10.5. The van der Waals surface area contributed by atoms with Crippen LogP contribution in [0.15, 0.2) is 22.7 Å². The summed E-state index contributed by atoms with van der Waals surface area (Å²) in [6, 6.07) is 6.33. The van der Waals surface area contributed by atoms with Crippen LogP contribution in [-0.4, -0.2) is 18.0 Å². The maximum Gasteiger partial charge on any atom is 0.0601 e. The first-order valence-corrected chi connectivity index (χ1v) is 7.15. The maximum atomic E-state index is 5.63. The fraction of sp³-hybridized carbons (Fsp3) is 0.467. The highest BCUT2D eigenvalue weighted by Gasteiger charge is 2.24. The molecule has 0 atom stereocenters. The Morgan fingerprint density at radius 1 is 1.44 bits per heavy atom. The summed E-state index contributed by atoms with van der Waals surface area (Å²) in [6.07, 6.45) is 8.15. The summed E-state index contributed by atoms with van der Waals surface area (Å²) < 4.78 is 1.13. The molecule has 96 valence electrons. The lowest BCUT2D eigenvalue weighted by atomic mass is 10.1. The second-order valence-corrected chi connectivity index (χ2v) is 5.80. The molecule has 0 unspecified atom stereocenters. The molecule has 1 aromatic rings. The number of hydrogen-bond donors (Lipinski definition) is 1. The molecule has 18 heavy (non-hydrogen) atoms. The quantitative estimate of drug-likeness (QED) is 0.819. The third-order valence-electron chi connectivity index (χ3n) is 3.28. The number of halogens is 1. The van der Waals surface area contributed by atoms with Crippen molar-refractivity contribution in [1.82, 2.24) is 4.90 Å². The highest BCUT2D eigenvalue weighted by molar-refractivity contribution is 9.10. The molecule has 2 N–H and O–H groups in total. The van der Waals surface area contributed by atoms with Gasteiger partial charge in [-0.2, -0.15) is 0 Å². The van der Waals surface area contributed by atoms with Crippen molar-refractivity contribution in [1.29, 1.82) is 0 Å². The molecule has 0 aromatic heterocycles. The van der Waals surface area contributed by atoms with E-state index in [1.165, 1.54) is 18.4 Å². The third-order valence-corrected chi connectivity index (χ3v) is 4.01. The molecule has 0 bridgehead atoms. The maximum absolute atomic E-state index is 5.63. The van der Waals surface area contributed by atoms with Crippen molar-refractivity contribution in [3.05, 3.63) is 33.8 Å². The van der Waals surface area contributed by atoms with Crippen molar-refractivity contribution >= 4 is 15.9 Å². The second-order valence-electron chi connectivity index (χ2n) is 4.95. The SMILES string of the molecule is C#CCN(Cc1ccc(CN)cc1Br)CC1CC1. The summed E-state index contributed by atoms with van der Waals surface area (Å²) in [4.78, 5) is 2.35. The van der Waals surface area contributed by atoms with E-state index in [1.807, 2.05) is 0 Å². The van der Waals surface area contributed by atoms with Crippen LogP contribution in [0.4, 0.5) is 0 Å². The first-order valence-electron chi connectivity index (χ1n) is 6.36. The summed E-state index contributed by atoms with van der Waals surface area (Å²) in [6.45, 7) is 3.33. The minimum atomic E-state index is 0.578. The summed E-state index contributed by atoms with van der Waals surface area (Å²) in [5, 5.41) is 0. The Morgan fingerprint density at radius 3 is 2.78 bits per heavy atom. The van der Waals surface area contributed by atoms with Gasteiger partial charge in [0.2, 0.25) is 0 Å². The minimum Gasteiger partial charge on any atom is -0.326 e. The molecule has 0 amide bonds. The summed E-state index contributed by atoms with van der Waals surface area (Å²) in [5.74, 6) is 3.62. The zero-order chi connectivity index (χ0) is 13.0. The molecule has 0 aliphatic heterocycles. The predicted octanol–water partition coefficient (Wildman–Crippen LogP) is 2.75. The van der Waals surface area contributed by atoms with Gasteiger partial charge in [-0.1, -0.05) is 34.0 Å². The standard InChI is InChI=1S/C15H19BrN2/c1-2-7-18(10-12-3-4-12)11-14-6-5-13(9-17)8-15(14)16/h1,5-6,8,12H,3-4,7,9-11,17H2. The Balaban J connectivity index is 2.03. The van der Waals surface area contributed by atoms with E-state index in [9.17, 15) is 0 Å². The van der Waals surface area contributed by atoms with Crippen LogP contribution in [-0.2, 0) is 13.1 Å². The van der Waals surface area contributed by atoms with Crippen molar-refractivity contribution in [3.8, 4) is 12.3 Å². The van der Waals surface area contributed by atoms with Gasteiger partial charge < -0.3 is 5.73 Å². The van der Waals surface area contributed by atoms with Crippen LogP contribution in [0.5, 0.6) is 0 Å². The monoisotopic (exact) mass is 306 g/mol. The first-order chi connectivity index (χ1) is 8.72. The van der Waals surface area contributed by atoms with E-state index in [0.29, 0.717) is 6.54 Å². The van der Waals surface area contributed by atoms with E-state index in [4.69, 9.17) is 12.2 Å². The number of nitrogens with zero attached hydrogens (tertiary/aromatic N) is 1. The van der Waals surface area contributed by atoms with E-state index in [-0.39, 0.29) is 0 Å². The molecule has 2 nitrogen and oxygen atoms in total. The third kappa shape index (κ3) is 3.84. The van der Waals surface area contributed by atoms with E-state index in [2.05, 4.69) is 44.9 Å². The molecule has 0 spiro atoms. The molecular weight excluding hydrogens is 288 g/mol. The zero-order valence-corrected chi connectivity index (χ0v) is 12.1. The molecule has 0 saturated heterocycles. The van der Waals surface area contributed by atoms with Gasteiger partial charge in [-0.05, 0) is 36.0 Å². The Hall–Kier alpha value is -0.820. The van der Waals surface area contributed by atoms with Gasteiger partial charge in [-0.25, -0.2) is 0 Å². The lowest BCUT2D eigenvalue weighted by Crippen LogP contribution is -2.26. The molecule has 1 aromatic carbocycles. The average molecular weight is 307 g/mol. The molecule has 2 rings (SSSR count). The van der Waals surface area contributed by atoms with Gasteiger partial charge in [0, 0.05) is 24.1 Å². The number of benzene rings is 1. The van der Waals surface area contributed by atoms with E-state index in [0.717, 1.165) is 35.6 Å². The highest BCUT2D eigenvalue weighted by Crippen LogP contribution is 2.30. The molecule has 0 heterocycles. The van der Waals surface area contributed by atoms with Crippen LogP contribution in [0.25, 0.3) is 0 Å². The average Bonchev–Trinajstić information content (AvgIpc) is 3.16. The second kappa shape index (κ2) is 6.38. The van der Waals surface area contributed by atoms with Crippen molar-refractivity contribution in [2.75, 3.05) is 13.1 Å². The van der Waals surface area contributed by atoms with Gasteiger partial charge in [0.1, 0.15) is 0 Å². The van der Waals surface area contributed by atoms with Crippen LogP contribution < -0.4 is 5.73 Å². The van der Waals surface area contributed by atoms with Crippen LogP contribution in [0, 0.1) is 18.3 Å². The predicted molar refractivity (Wildman–Crippen MR) is 78.9 cm³/mol. The van der Waals surface area contributed by atoms with Crippen molar-refractivity contribution in [2.24, 2.45) is 11.7 Å². The molecular formula is C15H19BrN2. The fourth-order valence-corrected chi connectivity index (χ4v) is 2.62. The van der Waals surface area contributed by atoms with Gasteiger partial charge in [-0.15, -0.1) is 6.42 Å². The van der Waals surface area contributed by atoms with Gasteiger partial charge >= 0.3 is 0 Å². The summed E-state index contributed by atoms with van der Waals surface area (Å²) in [5.41, 5.74) is 8.06. The molecule has 1 saturated carbocycles. The van der Waals surface area contributed by atoms with Gasteiger partial charge in [0.15, 0.2) is 0 Å². The van der Waals surface area contributed by atoms with Crippen molar-refractivity contribution in [2.45, 2.75) is 25.9 Å². The highest BCUT2D eigenvalue weighted by atomic mass is 79.9. The largest absolute Gasteiger partial charge is 0.326 e. The van der Waals surface area contributed by atoms with Gasteiger partial charge in [-0.3, -0.25) is 4.90 Å². The summed E-state index contributed by atoms with van der Waals surface area (Å²) in [7, 11) is 0. The topological polar surface area (TPSA) is 29.3 Å². The van der Waals surface area contributed by atoms with Crippen molar-refractivity contribution in [3.63, 3.8) is 0 Å². The van der Waals surface area contributed by atoms with E-state index >= 15 is 0 Å². The van der Waals surface area contributed by atoms with Crippen LogP contribution in [0.2, 0.25) is 0 Å². The molecule has 0 radical (unpaired) electrons. The van der Waals surface area contributed by atoms with E-state index < -0.39 is 0 Å². The van der Waals surface area contributed by atoms with E-state index in [1.54, 1.807) is 0 Å². The number of rotatable bonds is 6. The number of terminal acetylenes is 1. The lowest BCUT2D eigenvalue weighted by Gasteiger charge is -2.20. The number of nitrogens with two attached hydrogens (primary N) is 1. The normalized spacial score (nSPS) is 14.8. The van der Waals surface area contributed by atoms with Crippen LogP contribution in [0.3, 0.4) is 0 Å². The Morgan fingerprint density at radius 2 is 2.22 bits per heavy atom. The Labute approximate surface area is 118 Å². The smallest absolute Gasteiger partial charge is 0.0601 e. The molecule has 1 aliphatic carbocycles. The van der Waals surface area contributed by atoms with Crippen LogP contribution >= 0.6 is 15.9 Å².